The van der Waals surface area contributed by atoms with Crippen molar-refractivity contribution in [3.63, 3.8) is 0 Å². The van der Waals surface area contributed by atoms with E-state index < -0.39 is 5.82 Å². The normalized spacial score (nSPS) is 13.1. The van der Waals surface area contributed by atoms with Gasteiger partial charge in [-0.25, -0.2) is 9.18 Å². The Morgan fingerprint density at radius 1 is 1.02 bits per heavy atom. The Hall–Kier alpha value is -3.17. The molecule has 0 fully saturated rings. The first-order valence-electron chi connectivity index (χ1n) is 18.0. The maximum absolute atomic E-state index is 15.2. The summed E-state index contributed by atoms with van der Waals surface area (Å²) in [7, 11) is 2.09. The average Bonchev–Trinajstić information content (AvgIpc) is 3.48. The first-order valence-corrected chi connectivity index (χ1v) is 20.5. The summed E-state index contributed by atoms with van der Waals surface area (Å²) in [6.45, 7) is 29.8. The largest absolute Gasteiger partial charge is 0.493 e. The number of nitrogens with zero attached hydrogens (tertiary/aromatic N) is 3. The summed E-state index contributed by atoms with van der Waals surface area (Å²) in [5.41, 5.74) is 1.47. The molecular formula is C40H64FN4O5PS. The third kappa shape index (κ3) is 17.6. The molecular weight excluding hydrogens is 699 g/mol. The number of benzene rings is 2. The van der Waals surface area contributed by atoms with E-state index in [0.717, 1.165) is 28.0 Å². The van der Waals surface area contributed by atoms with Crippen LogP contribution in [0, 0.1) is 23.6 Å². The van der Waals surface area contributed by atoms with Gasteiger partial charge in [0.1, 0.15) is 17.2 Å². The summed E-state index contributed by atoms with van der Waals surface area (Å²) < 4.78 is 31.2. The van der Waals surface area contributed by atoms with Crippen LogP contribution in [0.25, 0.3) is 11.4 Å². The second kappa shape index (κ2) is 22.1. The van der Waals surface area contributed by atoms with Gasteiger partial charge in [-0.1, -0.05) is 72.7 Å². The van der Waals surface area contributed by atoms with Crippen molar-refractivity contribution in [2.24, 2.45) is 17.8 Å². The van der Waals surface area contributed by atoms with Crippen LogP contribution in [0.5, 0.6) is 5.75 Å². The highest BCUT2D eigenvalue weighted by Crippen LogP contribution is 2.41. The first kappa shape index (κ1) is 46.9. The van der Waals surface area contributed by atoms with Gasteiger partial charge in [-0.3, -0.25) is 4.79 Å². The zero-order valence-electron chi connectivity index (χ0n) is 34.2. The summed E-state index contributed by atoms with van der Waals surface area (Å²) in [4.78, 5) is 30.5. The number of hydrogen-bond donors (Lipinski definition) is 1. The highest BCUT2D eigenvalue weighted by molar-refractivity contribution is 7.99. The first-order chi connectivity index (χ1) is 24.1. The minimum absolute atomic E-state index is 0.00365. The average molecular weight is 763 g/mol. The molecule has 1 aliphatic heterocycles. The van der Waals surface area contributed by atoms with Crippen LogP contribution in [0.1, 0.15) is 108 Å². The van der Waals surface area contributed by atoms with Crippen LogP contribution in [0.2, 0.25) is 0 Å². The van der Waals surface area contributed by atoms with Gasteiger partial charge in [0.15, 0.2) is 0 Å². The number of nitrogens with one attached hydrogen (secondary N) is 1. The summed E-state index contributed by atoms with van der Waals surface area (Å²) in [6, 6.07) is 10.9. The number of rotatable bonds is 8. The second-order valence-corrected chi connectivity index (χ2v) is 18.6. The van der Waals surface area contributed by atoms with Crippen LogP contribution >= 0.6 is 20.3 Å². The molecule has 0 bridgehead atoms. The van der Waals surface area contributed by atoms with Crippen LogP contribution in [-0.2, 0) is 21.2 Å². The molecule has 12 heteroatoms. The molecule has 1 N–H and O–H groups in total. The van der Waals surface area contributed by atoms with Gasteiger partial charge < -0.3 is 24.2 Å². The molecule has 0 aliphatic carbocycles. The number of fused-ring (bicyclic) bond motifs is 1. The molecule has 0 saturated carbocycles. The minimum atomic E-state index is -0.429. The number of anilines is 1. The van der Waals surface area contributed by atoms with Crippen molar-refractivity contribution >= 4 is 38.0 Å². The fourth-order valence-electron chi connectivity index (χ4n) is 3.89. The lowest BCUT2D eigenvalue weighted by Crippen LogP contribution is -2.30. The fraction of sp³-hybridized carbons (Fsp3) is 0.600. The summed E-state index contributed by atoms with van der Waals surface area (Å²) >= 11 is 1.48. The van der Waals surface area contributed by atoms with E-state index in [-0.39, 0.29) is 34.1 Å². The molecule has 3 aromatic rings. The summed E-state index contributed by atoms with van der Waals surface area (Å²) in [5.74, 6) is 3.74. The molecule has 1 aromatic heterocycles. The quantitative estimate of drug-likeness (QED) is 0.226. The molecule has 0 saturated heterocycles. The third-order valence-electron chi connectivity index (χ3n) is 6.49. The maximum Gasteiger partial charge on any atom is 0.407 e. The van der Waals surface area contributed by atoms with Crippen LogP contribution < -0.4 is 15.0 Å². The van der Waals surface area contributed by atoms with Crippen molar-refractivity contribution in [3.05, 3.63) is 53.7 Å². The lowest BCUT2D eigenvalue weighted by atomic mass is 10.1. The fourth-order valence-corrected chi connectivity index (χ4v) is 5.21. The number of amides is 2. The van der Waals surface area contributed by atoms with E-state index >= 15 is 4.39 Å². The third-order valence-corrected chi connectivity index (χ3v) is 9.00. The molecule has 1 aliphatic rings. The van der Waals surface area contributed by atoms with E-state index in [2.05, 4.69) is 77.5 Å². The van der Waals surface area contributed by atoms with Crippen LogP contribution in [0.4, 0.5) is 14.9 Å². The van der Waals surface area contributed by atoms with Crippen LogP contribution in [0.3, 0.4) is 0 Å². The van der Waals surface area contributed by atoms with E-state index in [1.165, 1.54) is 24.9 Å². The predicted octanol–water partition coefficient (Wildman–Crippen LogP) is 10.9. The Labute approximate surface area is 318 Å². The van der Waals surface area contributed by atoms with E-state index in [0.29, 0.717) is 51.4 Å². The second-order valence-electron chi connectivity index (χ2n) is 15.7. The van der Waals surface area contributed by atoms with Gasteiger partial charge in [0.05, 0.1) is 29.6 Å². The summed E-state index contributed by atoms with van der Waals surface area (Å²) in [5, 5.41) is 6.13. The highest BCUT2D eigenvalue weighted by Gasteiger charge is 2.29. The number of carbonyl (C=O) groups excluding carboxylic acids is 2. The van der Waals surface area contributed by atoms with Crippen molar-refractivity contribution in [1.29, 1.82) is 0 Å². The van der Waals surface area contributed by atoms with Gasteiger partial charge in [0.25, 0.3) is 0 Å². The van der Waals surface area contributed by atoms with E-state index in [9.17, 15) is 9.59 Å². The zero-order valence-corrected chi connectivity index (χ0v) is 36.0. The van der Waals surface area contributed by atoms with Gasteiger partial charge in [-0.2, -0.15) is 4.98 Å². The van der Waals surface area contributed by atoms with Crippen molar-refractivity contribution < 1.29 is 28.0 Å². The summed E-state index contributed by atoms with van der Waals surface area (Å²) in [6.07, 6.45) is -0.00775. The monoisotopic (exact) mass is 762 g/mol. The topological polar surface area (TPSA) is 107 Å². The Morgan fingerprint density at radius 3 is 2.08 bits per heavy atom. The Bertz CT molecular complexity index is 1510. The molecule has 0 spiro atoms. The van der Waals surface area contributed by atoms with Crippen LogP contribution in [-0.4, -0.2) is 53.8 Å². The van der Waals surface area contributed by atoms with Crippen LogP contribution in [0.15, 0.2) is 45.8 Å². The number of thioether (sulfide) groups is 1. The van der Waals surface area contributed by atoms with Crippen molar-refractivity contribution in [1.82, 2.24) is 15.5 Å². The smallest absolute Gasteiger partial charge is 0.407 e. The molecule has 2 heterocycles. The lowest BCUT2D eigenvalue weighted by molar-refractivity contribution is -0.118. The highest BCUT2D eigenvalue weighted by atomic mass is 32.2. The molecule has 4 rings (SSSR count). The molecule has 1 unspecified atom stereocenters. The number of alkyl carbamates (subject to hydrolysis) is 1. The SMILES string of the molecule is CC(C)C.CC(C)C.CNC(=O)OC(C)(C)C.CPC(C)(C)c1nc(-c2cc3c(cc2F)SCCC(=O)N3Cc2ccc(OCC(C)C)cc2)no1. The van der Waals surface area contributed by atoms with Crippen molar-refractivity contribution in [3.8, 4) is 17.1 Å². The molecule has 52 heavy (non-hydrogen) atoms. The maximum atomic E-state index is 15.2. The molecule has 1 atom stereocenters. The van der Waals surface area contributed by atoms with Gasteiger partial charge in [0.2, 0.25) is 17.6 Å². The van der Waals surface area contributed by atoms with Gasteiger partial charge in [0, 0.05) is 24.1 Å². The Kier molecular flexibility index (Phi) is 19.9. The van der Waals surface area contributed by atoms with E-state index in [4.69, 9.17) is 14.0 Å². The number of halogens is 1. The molecule has 0 radical (unpaired) electrons. The zero-order chi connectivity index (χ0) is 39.8. The molecule has 2 amide bonds. The number of aromatic nitrogens is 2. The number of hydrogen-bond acceptors (Lipinski definition) is 8. The predicted molar refractivity (Wildman–Crippen MR) is 217 cm³/mol. The van der Waals surface area contributed by atoms with Crippen molar-refractivity contribution in [2.45, 2.75) is 119 Å². The lowest BCUT2D eigenvalue weighted by Gasteiger charge is -2.23. The Balaban J connectivity index is 0.000000662. The molecule has 9 nitrogen and oxygen atoms in total. The molecule has 292 valence electrons. The van der Waals surface area contributed by atoms with Crippen molar-refractivity contribution in [2.75, 3.05) is 31.0 Å². The van der Waals surface area contributed by atoms with Gasteiger partial charge in [-0.15, -0.1) is 20.3 Å². The van der Waals surface area contributed by atoms with E-state index in [1.807, 2.05) is 58.9 Å². The van der Waals surface area contributed by atoms with E-state index in [1.54, 1.807) is 11.0 Å². The Morgan fingerprint density at radius 2 is 1.60 bits per heavy atom. The van der Waals surface area contributed by atoms with Gasteiger partial charge in [-0.05, 0) is 88.9 Å². The number of ether oxygens (including phenoxy) is 2. The van der Waals surface area contributed by atoms with Gasteiger partial charge >= 0.3 is 6.09 Å². The minimum Gasteiger partial charge on any atom is -0.493 e. The molecule has 2 aromatic carbocycles. The number of carbonyl (C=O) groups is 2. The standard InChI is InChI=1S/C26H31FN3O3PS.C6H13NO2.2C4H10/c1-16(2)15-32-18-8-6-17(7-9-18)14-30-21-12-19(20(27)13-22(21)35-11-10-23(30)31)24-28-25(33-29-24)26(3,4)34-5;1-6(2,3)9-5(8)7-4;2*1-4(2)3/h6-9,12-13,16,34H,10-11,14-15H2,1-5H3;1-4H3,(H,7,8);2*4H,1-3H3.